The smallest absolute Gasteiger partial charge is 0.253 e. The Labute approximate surface area is 107 Å². The maximum absolute atomic E-state index is 11.3. The number of nitrogens with one attached hydrogen (secondary N) is 1. The van der Waals surface area contributed by atoms with Crippen molar-refractivity contribution in [2.75, 3.05) is 18.6 Å². The maximum atomic E-state index is 11.3. The Kier molecular flexibility index (Phi) is 3.42. The number of hydrogen-bond acceptors (Lipinski definition) is 6. The number of nitrogens with zero attached hydrogens (tertiary/aromatic N) is 1. The highest BCUT2D eigenvalue weighted by atomic mass is 32.2. The molecule has 18 heavy (non-hydrogen) atoms. The van der Waals surface area contributed by atoms with Gasteiger partial charge in [-0.25, -0.2) is 4.98 Å². The van der Waals surface area contributed by atoms with Gasteiger partial charge < -0.3 is 21.2 Å². The molecule has 0 radical (unpaired) electrons. The van der Waals surface area contributed by atoms with E-state index in [2.05, 4.69) is 9.97 Å². The number of aromatic amines is 1. The van der Waals surface area contributed by atoms with Gasteiger partial charge in [0, 0.05) is 22.7 Å². The largest absolute Gasteiger partial charge is 0.497 e. The predicted octanol–water partition coefficient (Wildman–Crippen LogP) is 1.09. The van der Waals surface area contributed by atoms with Crippen LogP contribution in [0.4, 0.5) is 11.5 Å². The maximum Gasteiger partial charge on any atom is 0.253 e. The summed E-state index contributed by atoms with van der Waals surface area (Å²) in [4.78, 5) is 18.7. The Hall–Kier alpha value is -2.15. The van der Waals surface area contributed by atoms with Gasteiger partial charge in [-0.1, -0.05) is 11.8 Å². The number of nitrogen functional groups attached to an aromatic ring is 2. The van der Waals surface area contributed by atoms with Crippen molar-refractivity contribution in [2.24, 2.45) is 0 Å². The molecule has 0 bridgehead atoms. The molecule has 1 aromatic heterocycles. The minimum Gasteiger partial charge on any atom is -0.497 e. The molecule has 1 heterocycles. The monoisotopic (exact) mass is 264 g/mol. The van der Waals surface area contributed by atoms with Crippen molar-refractivity contribution in [3.8, 4) is 5.75 Å². The van der Waals surface area contributed by atoms with Crippen molar-refractivity contribution >= 4 is 23.3 Å². The van der Waals surface area contributed by atoms with Crippen LogP contribution in [0.2, 0.25) is 0 Å². The van der Waals surface area contributed by atoms with Gasteiger partial charge in [-0.15, -0.1) is 0 Å². The Balaban J connectivity index is 2.33. The van der Waals surface area contributed by atoms with E-state index in [0.717, 1.165) is 4.90 Å². The molecule has 0 saturated carbocycles. The molecule has 0 amide bonds. The summed E-state index contributed by atoms with van der Waals surface area (Å²) in [6.45, 7) is 0. The first-order chi connectivity index (χ1) is 8.56. The molecule has 0 fully saturated rings. The summed E-state index contributed by atoms with van der Waals surface area (Å²) < 4.78 is 5.11. The first-order valence-corrected chi connectivity index (χ1v) is 5.88. The molecule has 7 heteroatoms. The van der Waals surface area contributed by atoms with Crippen LogP contribution in [0, 0.1) is 0 Å². The first-order valence-electron chi connectivity index (χ1n) is 5.06. The number of H-pyrrole nitrogens is 1. The van der Waals surface area contributed by atoms with E-state index in [1.807, 2.05) is 0 Å². The lowest BCUT2D eigenvalue weighted by Crippen LogP contribution is -2.09. The summed E-state index contributed by atoms with van der Waals surface area (Å²) in [5.41, 5.74) is 11.5. The normalized spacial score (nSPS) is 10.3. The van der Waals surface area contributed by atoms with Crippen LogP contribution in [0.5, 0.6) is 5.75 Å². The second-order valence-electron chi connectivity index (χ2n) is 3.52. The molecule has 5 N–H and O–H groups in total. The summed E-state index contributed by atoms with van der Waals surface area (Å²) in [5, 5.41) is 0.410. The Morgan fingerprint density at radius 1 is 1.28 bits per heavy atom. The third-order valence-electron chi connectivity index (χ3n) is 2.09. The van der Waals surface area contributed by atoms with Gasteiger partial charge in [0.15, 0.2) is 5.16 Å². The molecule has 0 unspecified atom stereocenters. The molecular formula is C11H12N4O2S. The van der Waals surface area contributed by atoms with Gasteiger partial charge in [0.05, 0.1) is 7.11 Å². The Morgan fingerprint density at radius 3 is 2.72 bits per heavy atom. The van der Waals surface area contributed by atoms with Crippen LogP contribution < -0.4 is 21.8 Å². The average Bonchev–Trinajstić information content (AvgIpc) is 2.26. The first kappa shape index (κ1) is 12.3. The van der Waals surface area contributed by atoms with Gasteiger partial charge in [-0.3, -0.25) is 4.79 Å². The van der Waals surface area contributed by atoms with Crippen molar-refractivity contribution in [3.05, 3.63) is 34.6 Å². The summed E-state index contributed by atoms with van der Waals surface area (Å²) in [6, 6.07) is 6.49. The average molecular weight is 264 g/mol. The molecule has 0 atom stereocenters. The number of aromatic nitrogens is 2. The third-order valence-corrected chi connectivity index (χ3v) is 2.95. The van der Waals surface area contributed by atoms with E-state index in [1.54, 1.807) is 25.3 Å². The van der Waals surface area contributed by atoms with Crippen LogP contribution in [0.25, 0.3) is 0 Å². The molecule has 2 aromatic rings. The zero-order valence-electron chi connectivity index (χ0n) is 9.64. The van der Waals surface area contributed by atoms with E-state index < -0.39 is 0 Å². The van der Waals surface area contributed by atoms with Crippen molar-refractivity contribution in [2.45, 2.75) is 10.1 Å². The van der Waals surface area contributed by atoms with E-state index in [4.69, 9.17) is 16.2 Å². The van der Waals surface area contributed by atoms with Crippen molar-refractivity contribution in [3.63, 3.8) is 0 Å². The van der Waals surface area contributed by atoms with Crippen LogP contribution in [0.15, 0.2) is 39.1 Å². The highest BCUT2D eigenvalue weighted by Gasteiger charge is 2.04. The van der Waals surface area contributed by atoms with Crippen LogP contribution in [-0.4, -0.2) is 17.1 Å². The molecule has 6 nitrogen and oxygen atoms in total. The summed E-state index contributed by atoms with van der Waals surface area (Å²) in [5.74, 6) is 0.820. The molecular weight excluding hydrogens is 252 g/mol. The summed E-state index contributed by atoms with van der Waals surface area (Å²) >= 11 is 1.25. The van der Waals surface area contributed by atoms with Crippen LogP contribution >= 0.6 is 11.8 Å². The fraction of sp³-hybridized carbons (Fsp3) is 0.0909. The minimum absolute atomic E-state index is 0.178. The summed E-state index contributed by atoms with van der Waals surface area (Å²) in [7, 11) is 1.56. The lowest BCUT2D eigenvalue weighted by atomic mass is 10.3. The van der Waals surface area contributed by atoms with Crippen LogP contribution in [-0.2, 0) is 0 Å². The topological polar surface area (TPSA) is 107 Å². The number of rotatable bonds is 3. The van der Waals surface area contributed by atoms with Crippen LogP contribution in [0.3, 0.4) is 0 Å². The minimum atomic E-state index is -0.291. The lowest BCUT2D eigenvalue weighted by molar-refractivity contribution is 0.414. The Morgan fingerprint density at radius 2 is 2.06 bits per heavy atom. The third kappa shape index (κ3) is 2.95. The van der Waals surface area contributed by atoms with Crippen molar-refractivity contribution in [1.29, 1.82) is 0 Å². The molecule has 0 spiro atoms. The number of nitrogens with two attached hydrogens (primary N) is 2. The Bertz CT molecular complexity index is 627. The number of anilines is 2. The second kappa shape index (κ2) is 5.01. The van der Waals surface area contributed by atoms with Gasteiger partial charge in [-0.05, 0) is 12.1 Å². The number of methoxy groups -OCH3 is 1. The quantitative estimate of drug-likeness (QED) is 0.566. The molecule has 0 aliphatic heterocycles. The van der Waals surface area contributed by atoms with E-state index in [0.29, 0.717) is 16.6 Å². The highest BCUT2D eigenvalue weighted by molar-refractivity contribution is 7.99. The molecule has 0 aliphatic carbocycles. The number of ether oxygens (including phenoxy) is 1. The highest BCUT2D eigenvalue weighted by Crippen LogP contribution is 2.29. The van der Waals surface area contributed by atoms with Gasteiger partial charge in [-0.2, -0.15) is 0 Å². The molecule has 2 rings (SSSR count). The van der Waals surface area contributed by atoms with Gasteiger partial charge in [0.25, 0.3) is 5.56 Å². The number of benzene rings is 1. The van der Waals surface area contributed by atoms with Crippen LogP contribution in [0.1, 0.15) is 0 Å². The fourth-order valence-electron chi connectivity index (χ4n) is 1.38. The van der Waals surface area contributed by atoms with E-state index >= 15 is 0 Å². The number of hydrogen-bond donors (Lipinski definition) is 3. The van der Waals surface area contributed by atoms with Gasteiger partial charge in [0.2, 0.25) is 0 Å². The SMILES string of the molecule is COc1cc(N)cc(Sc2nc(N)cc(=O)[nH]2)c1. The van der Waals surface area contributed by atoms with E-state index in [1.165, 1.54) is 17.8 Å². The fourth-order valence-corrected chi connectivity index (χ4v) is 2.28. The van der Waals surface area contributed by atoms with Gasteiger partial charge in [0.1, 0.15) is 11.6 Å². The second-order valence-corrected chi connectivity index (χ2v) is 4.58. The van der Waals surface area contributed by atoms with Crippen molar-refractivity contribution < 1.29 is 4.74 Å². The standard InChI is InChI=1S/C11H12N4O2S/c1-17-7-2-6(12)3-8(4-7)18-11-14-9(13)5-10(16)15-11/h2-5H,12H2,1H3,(H3,13,14,15,16). The molecule has 0 saturated heterocycles. The predicted molar refractivity (Wildman–Crippen MR) is 70.8 cm³/mol. The molecule has 0 aliphatic rings. The van der Waals surface area contributed by atoms with Crippen molar-refractivity contribution in [1.82, 2.24) is 9.97 Å². The summed E-state index contributed by atoms with van der Waals surface area (Å²) in [6.07, 6.45) is 0. The van der Waals surface area contributed by atoms with Gasteiger partial charge >= 0.3 is 0 Å². The zero-order valence-corrected chi connectivity index (χ0v) is 10.5. The van der Waals surface area contributed by atoms with E-state index in [9.17, 15) is 4.79 Å². The zero-order chi connectivity index (χ0) is 13.1. The molecule has 1 aromatic carbocycles. The lowest BCUT2D eigenvalue weighted by Gasteiger charge is -2.06. The molecule has 94 valence electrons. The van der Waals surface area contributed by atoms with E-state index in [-0.39, 0.29) is 11.4 Å².